The smallest absolute Gasteiger partial charge is 0.416 e. The maximum Gasteiger partial charge on any atom is 0.416 e. The number of nitrogens with two attached hydrogens (primary N) is 1. The molecule has 0 radical (unpaired) electrons. The van der Waals surface area contributed by atoms with E-state index in [1.165, 1.54) is 6.07 Å². The summed E-state index contributed by atoms with van der Waals surface area (Å²) < 4.78 is 44.8. The normalized spacial score (nSPS) is 11.9. The second-order valence-corrected chi connectivity index (χ2v) is 6.70. The number of halogens is 3. The van der Waals surface area contributed by atoms with Gasteiger partial charge in [-0.2, -0.15) is 18.2 Å². The Morgan fingerprint density at radius 1 is 1.04 bits per heavy atom. The molecule has 1 heterocycles. The molecule has 0 saturated carbocycles. The molecule has 3 aromatic rings. The van der Waals surface area contributed by atoms with Crippen molar-refractivity contribution in [2.24, 2.45) is 0 Å². The quantitative estimate of drug-likeness (QED) is 0.638. The number of hydrogen-bond acceptors (Lipinski definition) is 5. The van der Waals surface area contributed by atoms with Gasteiger partial charge in [-0.25, -0.2) is 4.98 Å². The van der Waals surface area contributed by atoms with Crippen LogP contribution in [-0.2, 0) is 6.18 Å². The number of nitrogens with zero attached hydrogens (tertiary/aromatic N) is 3. The topological polar surface area (TPSA) is 64.3 Å². The first-order valence-electron chi connectivity index (χ1n) is 8.76. The Labute approximate surface area is 161 Å². The number of benzene rings is 2. The average Bonchev–Trinajstić information content (AvgIpc) is 2.64. The van der Waals surface area contributed by atoms with Crippen molar-refractivity contribution in [1.82, 2.24) is 14.9 Å². The highest BCUT2D eigenvalue weighted by Crippen LogP contribution is 2.34. The van der Waals surface area contributed by atoms with Gasteiger partial charge >= 0.3 is 6.18 Å². The molecule has 8 heteroatoms. The van der Waals surface area contributed by atoms with E-state index < -0.39 is 11.7 Å². The number of ether oxygens (including phenoxy) is 1. The summed E-state index contributed by atoms with van der Waals surface area (Å²) in [6.45, 7) is 1.30. The molecule has 3 rings (SSSR count). The van der Waals surface area contributed by atoms with Gasteiger partial charge in [0.1, 0.15) is 0 Å². The summed E-state index contributed by atoms with van der Waals surface area (Å²) in [7, 11) is 3.94. The fourth-order valence-electron chi connectivity index (χ4n) is 2.83. The second-order valence-electron chi connectivity index (χ2n) is 6.70. The van der Waals surface area contributed by atoms with Gasteiger partial charge in [-0.05, 0) is 55.9 Å². The van der Waals surface area contributed by atoms with Crippen molar-refractivity contribution in [3.8, 4) is 17.0 Å². The van der Waals surface area contributed by atoms with Crippen molar-refractivity contribution in [3.63, 3.8) is 0 Å². The van der Waals surface area contributed by atoms with Gasteiger partial charge in [0, 0.05) is 6.54 Å². The molecule has 2 N–H and O–H groups in total. The number of aromatic nitrogens is 2. The summed E-state index contributed by atoms with van der Waals surface area (Å²) in [5.74, 6) is 0.414. The zero-order valence-corrected chi connectivity index (χ0v) is 15.6. The minimum absolute atomic E-state index is 0.0851. The number of anilines is 1. The van der Waals surface area contributed by atoms with Crippen LogP contribution in [0, 0.1) is 0 Å². The molecule has 1 aromatic heterocycles. The maximum absolute atomic E-state index is 13.0. The second kappa shape index (κ2) is 8.02. The SMILES string of the molecule is CN(C)CCCOc1nc(N)nc2ccc(-c3cccc(C(F)(F)F)c3)cc12. The van der Waals surface area contributed by atoms with Crippen LogP contribution >= 0.6 is 0 Å². The fraction of sp³-hybridized carbons (Fsp3) is 0.300. The van der Waals surface area contributed by atoms with Crippen LogP contribution in [0.15, 0.2) is 42.5 Å². The highest BCUT2D eigenvalue weighted by atomic mass is 19.4. The van der Waals surface area contributed by atoms with Gasteiger partial charge in [-0.1, -0.05) is 18.2 Å². The Kier molecular flexibility index (Phi) is 5.69. The van der Waals surface area contributed by atoms with Crippen LogP contribution in [0.1, 0.15) is 12.0 Å². The molecule has 148 valence electrons. The Balaban J connectivity index is 1.96. The molecular weight excluding hydrogens is 369 g/mol. The number of fused-ring (bicyclic) bond motifs is 1. The van der Waals surface area contributed by atoms with Gasteiger partial charge in [0.2, 0.25) is 11.8 Å². The standard InChI is InChI=1S/C20H21F3N4O/c1-27(2)9-4-10-28-18-16-12-14(7-8-17(16)25-19(24)26-18)13-5-3-6-15(11-13)20(21,22)23/h3,5-8,11-12H,4,9-10H2,1-2H3,(H2,24,25,26). The first kappa shape index (κ1) is 19.9. The van der Waals surface area contributed by atoms with E-state index in [9.17, 15) is 13.2 Å². The molecular formula is C20H21F3N4O. The van der Waals surface area contributed by atoms with E-state index in [0.717, 1.165) is 25.1 Å². The van der Waals surface area contributed by atoms with Crippen LogP contribution in [0.4, 0.5) is 19.1 Å². The number of hydrogen-bond donors (Lipinski definition) is 1. The molecule has 0 aliphatic heterocycles. The lowest BCUT2D eigenvalue weighted by Crippen LogP contribution is -2.16. The Morgan fingerprint density at radius 2 is 1.79 bits per heavy atom. The van der Waals surface area contributed by atoms with Crippen molar-refractivity contribution >= 4 is 16.9 Å². The molecule has 2 aromatic carbocycles. The molecule has 0 aliphatic carbocycles. The van der Waals surface area contributed by atoms with Gasteiger partial charge in [0.25, 0.3) is 0 Å². The molecule has 0 spiro atoms. The Morgan fingerprint density at radius 3 is 2.50 bits per heavy atom. The highest BCUT2D eigenvalue weighted by molar-refractivity contribution is 5.89. The molecule has 0 amide bonds. The minimum atomic E-state index is -4.40. The Hall–Kier alpha value is -2.87. The van der Waals surface area contributed by atoms with Crippen molar-refractivity contribution in [2.45, 2.75) is 12.6 Å². The number of rotatable bonds is 6. The summed E-state index contributed by atoms with van der Waals surface area (Å²) in [6, 6.07) is 10.3. The lowest BCUT2D eigenvalue weighted by molar-refractivity contribution is -0.137. The first-order valence-corrected chi connectivity index (χ1v) is 8.76. The molecule has 0 atom stereocenters. The van der Waals surface area contributed by atoms with Crippen molar-refractivity contribution in [3.05, 3.63) is 48.0 Å². The molecule has 0 unspecified atom stereocenters. The number of nitrogen functional groups attached to an aromatic ring is 1. The fourth-order valence-corrected chi connectivity index (χ4v) is 2.83. The molecule has 0 bridgehead atoms. The first-order chi connectivity index (χ1) is 13.2. The average molecular weight is 390 g/mol. The summed E-state index contributed by atoms with van der Waals surface area (Å²) in [4.78, 5) is 10.4. The molecule has 0 saturated heterocycles. The van der Waals surface area contributed by atoms with Gasteiger partial charge in [-0.3, -0.25) is 0 Å². The predicted molar refractivity (Wildman–Crippen MR) is 103 cm³/mol. The number of alkyl halides is 3. The minimum Gasteiger partial charge on any atom is -0.477 e. The van der Waals surface area contributed by atoms with E-state index in [1.54, 1.807) is 24.3 Å². The lowest BCUT2D eigenvalue weighted by Gasteiger charge is -2.13. The monoisotopic (exact) mass is 390 g/mol. The van der Waals surface area contributed by atoms with Crippen LogP contribution in [0.2, 0.25) is 0 Å². The van der Waals surface area contributed by atoms with E-state index in [1.807, 2.05) is 19.0 Å². The van der Waals surface area contributed by atoms with Gasteiger partial charge < -0.3 is 15.4 Å². The van der Waals surface area contributed by atoms with E-state index in [0.29, 0.717) is 34.5 Å². The van der Waals surface area contributed by atoms with Crippen LogP contribution in [0.25, 0.3) is 22.0 Å². The van der Waals surface area contributed by atoms with Gasteiger partial charge in [0.05, 0.1) is 23.1 Å². The highest BCUT2D eigenvalue weighted by Gasteiger charge is 2.30. The van der Waals surface area contributed by atoms with E-state index in [4.69, 9.17) is 10.5 Å². The van der Waals surface area contributed by atoms with E-state index in [-0.39, 0.29) is 5.95 Å². The molecule has 5 nitrogen and oxygen atoms in total. The largest absolute Gasteiger partial charge is 0.477 e. The zero-order valence-electron chi connectivity index (χ0n) is 15.6. The van der Waals surface area contributed by atoms with Crippen LogP contribution in [0.3, 0.4) is 0 Å². The van der Waals surface area contributed by atoms with Crippen LogP contribution < -0.4 is 10.5 Å². The zero-order chi connectivity index (χ0) is 20.3. The summed E-state index contributed by atoms with van der Waals surface area (Å²) in [5.41, 5.74) is 6.70. The van der Waals surface area contributed by atoms with E-state index >= 15 is 0 Å². The predicted octanol–water partition coefficient (Wildman–Crippen LogP) is 4.23. The summed E-state index contributed by atoms with van der Waals surface area (Å²) in [6.07, 6.45) is -3.60. The maximum atomic E-state index is 13.0. The third-order valence-corrected chi connectivity index (χ3v) is 4.19. The summed E-state index contributed by atoms with van der Waals surface area (Å²) >= 11 is 0. The van der Waals surface area contributed by atoms with Crippen LogP contribution in [-0.4, -0.2) is 42.1 Å². The Bertz CT molecular complexity index is 973. The lowest BCUT2D eigenvalue weighted by atomic mass is 10.0. The summed E-state index contributed by atoms with van der Waals surface area (Å²) in [5, 5.41) is 0.606. The third kappa shape index (κ3) is 4.69. The molecule has 0 fully saturated rings. The van der Waals surface area contributed by atoms with Crippen LogP contribution in [0.5, 0.6) is 5.88 Å². The van der Waals surface area contributed by atoms with Gasteiger partial charge in [-0.15, -0.1) is 0 Å². The van der Waals surface area contributed by atoms with Crippen molar-refractivity contribution in [1.29, 1.82) is 0 Å². The van der Waals surface area contributed by atoms with E-state index in [2.05, 4.69) is 9.97 Å². The molecule has 28 heavy (non-hydrogen) atoms. The molecule has 0 aliphatic rings. The third-order valence-electron chi connectivity index (χ3n) is 4.19. The van der Waals surface area contributed by atoms with Gasteiger partial charge in [0.15, 0.2) is 0 Å². The van der Waals surface area contributed by atoms with Crippen molar-refractivity contribution in [2.75, 3.05) is 33.0 Å². The van der Waals surface area contributed by atoms with Crippen molar-refractivity contribution < 1.29 is 17.9 Å².